The summed E-state index contributed by atoms with van der Waals surface area (Å²) in [5.41, 5.74) is 2.27. The highest BCUT2D eigenvalue weighted by molar-refractivity contribution is 6.08. The van der Waals surface area contributed by atoms with Gasteiger partial charge in [0.15, 0.2) is 0 Å². The number of nitrogens with zero attached hydrogens (tertiary/aromatic N) is 4. The van der Waals surface area contributed by atoms with E-state index in [9.17, 15) is 9.59 Å². The molecule has 36 heavy (non-hydrogen) atoms. The van der Waals surface area contributed by atoms with E-state index in [2.05, 4.69) is 10.3 Å². The first-order valence-electron chi connectivity index (χ1n) is 12.8. The molecule has 1 N–H and O–H groups in total. The molecule has 0 spiro atoms. The molecule has 1 atom stereocenters. The van der Waals surface area contributed by atoms with Crippen LogP contribution in [0.5, 0.6) is 0 Å². The fourth-order valence-electron chi connectivity index (χ4n) is 5.86. The number of pyridine rings is 1. The van der Waals surface area contributed by atoms with Crippen LogP contribution in [0, 0.1) is 0 Å². The number of rotatable bonds is 5. The lowest BCUT2D eigenvalue weighted by atomic mass is 9.91. The summed E-state index contributed by atoms with van der Waals surface area (Å²) in [7, 11) is 0. The molecule has 4 heterocycles. The van der Waals surface area contributed by atoms with Crippen molar-refractivity contribution in [2.75, 3.05) is 0 Å². The Morgan fingerprint density at radius 2 is 1.83 bits per heavy atom. The lowest BCUT2D eigenvalue weighted by Crippen LogP contribution is -2.64. The zero-order valence-electron chi connectivity index (χ0n) is 20.6. The molecule has 1 aliphatic carbocycles. The first-order chi connectivity index (χ1) is 17.6. The summed E-state index contributed by atoms with van der Waals surface area (Å²) in [6.45, 7) is 2.61. The quantitative estimate of drug-likeness (QED) is 0.450. The zero-order chi connectivity index (χ0) is 24.7. The molecule has 7 heteroatoms. The van der Waals surface area contributed by atoms with Gasteiger partial charge in [-0.15, -0.1) is 0 Å². The zero-order valence-corrected chi connectivity index (χ0v) is 20.6. The Hall–Kier alpha value is -3.87. The van der Waals surface area contributed by atoms with Crippen LogP contribution in [-0.4, -0.2) is 42.4 Å². The Bertz CT molecular complexity index is 1400. The van der Waals surface area contributed by atoms with Gasteiger partial charge in [0, 0.05) is 42.8 Å². The third-order valence-electron chi connectivity index (χ3n) is 7.81. The maximum Gasteiger partial charge on any atom is 0.273 e. The summed E-state index contributed by atoms with van der Waals surface area (Å²) in [6, 6.07) is 16.0. The summed E-state index contributed by atoms with van der Waals surface area (Å²) < 4.78 is 4.05. The Labute approximate surface area is 210 Å². The number of hydrogen-bond acceptors (Lipinski definition) is 3. The third kappa shape index (κ3) is 3.70. The molecule has 6 rings (SSSR count). The van der Waals surface area contributed by atoms with Crippen LogP contribution in [0.2, 0.25) is 0 Å². The van der Waals surface area contributed by atoms with Crippen LogP contribution in [0.3, 0.4) is 0 Å². The minimum absolute atomic E-state index is 0.0856. The molecule has 7 nitrogen and oxygen atoms in total. The van der Waals surface area contributed by atoms with Gasteiger partial charge in [0.2, 0.25) is 5.91 Å². The lowest BCUT2D eigenvalue weighted by Gasteiger charge is -2.45. The van der Waals surface area contributed by atoms with Crippen LogP contribution in [0.15, 0.2) is 73.3 Å². The Kier molecular flexibility index (Phi) is 5.63. The van der Waals surface area contributed by atoms with Crippen LogP contribution in [0.1, 0.15) is 55.1 Å². The SMILES string of the molecule is CC1(C(=O)NC2CCCCC2)Cn2c(c(-n3cccc3)c3ccccc32)C(=O)N1Cc1cccnc1. The number of amides is 2. The van der Waals surface area contributed by atoms with Gasteiger partial charge in [0.25, 0.3) is 5.91 Å². The van der Waals surface area contributed by atoms with E-state index in [0.717, 1.165) is 47.8 Å². The van der Waals surface area contributed by atoms with Gasteiger partial charge in [-0.05, 0) is 49.6 Å². The fourth-order valence-corrected chi connectivity index (χ4v) is 5.86. The molecule has 1 fully saturated rings. The summed E-state index contributed by atoms with van der Waals surface area (Å²) in [5, 5.41) is 4.31. The minimum atomic E-state index is -1.05. The average Bonchev–Trinajstić information content (AvgIpc) is 3.54. The maximum absolute atomic E-state index is 14.4. The van der Waals surface area contributed by atoms with Gasteiger partial charge < -0.3 is 19.4 Å². The smallest absolute Gasteiger partial charge is 0.273 e. The highest BCUT2D eigenvalue weighted by Crippen LogP contribution is 2.38. The predicted molar refractivity (Wildman–Crippen MR) is 139 cm³/mol. The highest BCUT2D eigenvalue weighted by atomic mass is 16.2. The van der Waals surface area contributed by atoms with Crippen molar-refractivity contribution in [3.8, 4) is 5.69 Å². The van der Waals surface area contributed by atoms with Gasteiger partial charge in [0.1, 0.15) is 11.2 Å². The summed E-state index contributed by atoms with van der Waals surface area (Å²) in [6.07, 6.45) is 12.9. The topological polar surface area (TPSA) is 72.2 Å². The molecule has 0 radical (unpaired) electrons. The number of nitrogens with one attached hydrogen (secondary N) is 1. The number of para-hydroxylation sites is 1. The molecule has 0 bridgehead atoms. The molecular formula is C29H31N5O2. The average molecular weight is 482 g/mol. The van der Waals surface area contributed by atoms with E-state index in [1.54, 1.807) is 17.3 Å². The molecule has 3 aromatic heterocycles. The van der Waals surface area contributed by atoms with E-state index >= 15 is 0 Å². The van der Waals surface area contributed by atoms with Gasteiger partial charge >= 0.3 is 0 Å². The van der Waals surface area contributed by atoms with Gasteiger partial charge in [-0.2, -0.15) is 0 Å². The monoisotopic (exact) mass is 481 g/mol. The number of hydrogen-bond donors (Lipinski definition) is 1. The first-order valence-corrected chi connectivity index (χ1v) is 12.8. The molecule has 2 aliphatic rings. The van der Waals surface area contributed by atoms with Gasteiger partial charge in [-0.25, -0.2) is 0 Å². The highest BCUT2D eigenvalue weighted by Gasteiger charge is 2.49. The van der Waals surface area contributed by atoms with Crippen molar-refractivity contribution in [2.45, 2.75) is 63.7 Å². The van der Waals surface area contributed by atoms with E-state index in [1.165, 1.54) is 6.42 Å². The molecular weight excluding hydrogens is 450 g/mol. The van der Waals surface area contributed by atoms with Crippen molar-refractivity contribution in [3.63, 3.8) is 0 Å². The Balaban J connectivity index is 1.49. The third-order valence-corrected chi connectivity index (χ3v) is 7.81. The first kappa shape index (κ1) is 22.6. The van der Waals surface area contributed by atoms with Gasteiger partial charge in [-0.1, -0.05) is 43.5 Å². The molecule has 1 unspecified atom stereocenters. The predicted octanol–water partition coefficient (Wildman–Crippen LogP) is 4.69. The molecule has 4 aromatic rings. The van der Waals surface area contributed by atoms with Crippen molar-refractivity contribution in [3.05, 3.63) is 84.6 Å². The number of aromatic nitrogens is 3. The minimum Gasteiger partial charge on any atom is -0.351 e. The second-order valence-electron chi connectivity index (χ2n) is 10.2. The standard InChI is InChI=1S/C29H31N5O2/c1-29(28(36)31-22-11-3-2-4-12-22)20-33-24-14-6-5-13-23(24)25(32-16-7-8-17-32)26(33)27(35)34(29)19-21-10-9-15-30-18-21/h5-10,13-18,22H,2-4,11-12,19-20H2,1H3,(H,31,36). The van der Waals surface area contributed by atoms with Gasteiger partial charge in [0.05, 0.1) is 17.7 Å². The largest absolute Gasteiger partial charge is 0.351 e. The maximum atomic E-state index is 14.4. The van der Waals surface area contributed by atoms with E-state index in [0.29, 0.717) is 18.8 Å². The fraction of sp³-hybridized carbons (Fsp3) is 0.345. The normalized spacial score (nSPS) is 20.5. The van der Waals surface area contributed by atoms with E-state index in [4.69, 9.17) is 0 Å². The second kappa shape index (κ2) is 8.97. The van der Waals surface area contributed by atoms with Crippen molar-refractivity contribution in [1.29, 1.82) is 0 Å². The summed E-state index contributed by atoms with van der Waals surface area (Å²) in [5.74, 6) is -0.233. The van der Waals surface area contributed by atoms with Gasteiger partial charge in [-0.3, -0.25) is 14.6 Å². The second-order valence-corrected chi connectivity index (χ2v) is 10.2. The number of carbonyl (C=O) groups is 2. The molecule has 1 aromatic carbocycles. The van der Waals surface area contributed by atoms with Crippen molar-refractivity contribution >= 4 is 22.7 Å². The van der Waals surface area contributed by atoms with Crippen molar-refractivity contribution < 1.29 is 9.59 Å². The van der Waals surface area contributed by atoms with Crippen molar-refractivity contribution in [1.82, 2.24) is 24.3 Å². The van der Waals surface area contributed by atoms with Crippen LogP contribution in [-0.2, 0) is 17.9 Å². The molecule has 0 saturated heterocycles. The molecule has 184 valence electrons. The van der Waals surface area contributed by atoms with Crippen molar-refractivity contribution in [2.24, 2.45) is 0 Å². The Morgan fingerprint density at radius 1 is 1.06 bits per heavy atom. The van der Waals surface area contributed by atoms with E-state index < -0.39 is 5.54 Å². The van der Waals surface area contributed by atoms with Crippen LogP contribution in [0.25, 0.3) is 16.6 Å². The van der Waals surface area contributed by atoms with Crippen LogP contribution >= 0.6 is 0 Å². The van der Waals surface area contributed by atoms with E-state index in [1.807, 2.05) is 77.0 Å². The Morgan fingerprint density at radius 3 is 2.58 bits per heavy atom. The number of fused-ring (bicyclic) bond motifs is 3. The molecule has 1 aliphatic heterocycles. The lowest BCUT2D eigenvalue weighted by molar-refractivity contribution is -0.134. The summed E-state index contributed by atoms with van der Waals surface area (Å²) >= 11 is 0. The number of carbonyl (C=O) groups excluding carboxylic acids is 2. The van der Waals surface area contributed by atoms with Crippen LogP contribution in [0.4, 0.5) is 0 Å². The van der Waals surface area contributed by atoms with Crippen LogP contribution < -0.4 is 5.32 Å². The summed E-state index contributed by atoms with van der Waals surface area (Å²) in [4.78, 5) is 34.4. The molecule has 2 amide bonds. The molecule has 1 saturated carbocycles. The van der Waals surface area contributed by atoms with E-state index in [-0.39, 0.29) is 17.9 Å². The number of benzene rings is 1.